The van der Waals surface area contributed by atoms with E-state index in [2.05, 4.69) is 24.7 Å². The van der Waals surface area contributed by atoms with E-state index in [1.165, 1.54) is 12.1 Å². The van der Waals surface area contributed by atoms with Crippen LogP contribution in [0, 0.1) is 5.82 Å². The van der Waals surface area contributed by atoms with E-state index in [4.69, 9.17) is 46.5 Å². The quantitative estimate of drug-likeness (QED) is 0.0819. The fourth-order valence-corrected chi connectivity index (χ4v) is 6.08. The molecule has 0 atom stereocenters. The maximum absolute atomic E-state index is 14.4. The number of fused-ring (bicyclic) bond motifs is 10. The Bertz CT molecular complexity index is 2690. The summed E-state index contributed by atoms with van der Waals surface area (Å²) in [7, 11) is 4.47. The molecule has 0 saturated heterocycles. The standard InChI is InChI=1S/C18H10ClFO2.C18H9ClO2.CH4NP.CH2O3.2K.H/c19-10-5-6-13(15(21)9-10)17-14(20)8-7-12-11-3-1-2-4-16(11)22-18(12)17;19-10-5-6-13-16(9-10)20-15-8-7-12-11-3-1-2-4-14(11)21-18(12)17(13)15;1-2-3;2-1-4-3;;;/h1-9,21H;1-9H;3H,1H3;1,3H;;;/q;;;;2*+1;-1/p-1. The number of nitrogens with zero attached hydrogens (tertiary/aromatic N) is 1. The van der Waals surface area contributed by atoms with Gasteiger partial charge in [-0.25, -0.2) is 4.39 Å². The van der Waals surface area contributed by atoms with E-state index >= 15 is 0 Å². The first-order valence-corrected chi connectivity index (χ1v) is 16.0. The SMILES string of the molecule is CN=P.Clc1ccc2c(c1)oc1ccc3c4ccccc4oc3c12.O=CO[O-].Oc1cc(Cl)ccc1-c1c(F)ccc2c1oc1ccccc12.[H-].[K+].[K+]. The summed E-state index contributed by atoms with van der Waals surface area (Å²) in [5.74, 6) is -0.538. The maximum Gasteiger partial charge on any atom is 1.00 e. The van der Waals surface area contributed by atoms with Crippen molar-refractivity contribution >= 4 is 105 Å². The second-order valence-corrected chi connectivity index (χ2v) is 12.0. The van der Waals surface area contributed by atoms with Crippen LogP contribution in [0.2, 0.25) is 10.0 Å². The van der Waals surface area contributed by atoms with Crippen LogP contribution in [0.25, 0.3) is 76.9 Å². The van der Waals surface area contributed by atoms with Crippen molar-refractivity contribution in [3.63, 3.8) is 0 Å². The van der Waals surface area contributed by atoms with Gasteiger partial charge in [-0.3, -0.25) is 9.54 Å². The van der Waals surface area contributed by atoms with Crippen LogP contribution in [0.5, 0.6) is 5.75 Å². The molecule has 3 heterocycles. The van der Waals surface area contributed by atoms with Crippen molar-refractivity contribution in [3.8, 4) is 16.9 Å². The summed E-state index contributed by atoms with van der Waals surface area (Å²) >= 11 is 11.9. The van der Waals surface area contributed by atoms with Gasteiger partial charge in [0.15, 0.2) is 0 Å². The molecule has 8 nitrogen and oxygen atoms in total. The van der Waals surface area contributed by atoms with E-state index in [0.717, 1.165) is 54.6 Å². The Morgan fingerprint density at radius 2 is 1.25 bits per heavy atom. The minimum Gasteiger partial charge on any atom is -1.00 e. The molecule has 0 radical (unpaired) electrons. The molecule has 52 heavy (non-hydrogen) atoms. The zero-order chi connectivity index (χ0) is 35.4. The number of benzene rings is 6. The Morgan fingerprint density at radius 3 is 1.87 bits per heavy atom. The Kier molecular flexibility index (Phi) is 15.9. The van der Waals surface area contributed by atoms with Crippen LogP contribution in [0.4, 0.5) is 4.39 Å². The van der Waals surface area contributed by atoms with Crippen LogP contribution in [0.3, 0.4) is 0 Å². The van der Waals surface area contributed by atoms with E-state index in [-0.39, 0.29) is 122 Å². The molecule has 0 amide bonds. The number of aromatic hydroxyl groups is 1. The molecular formula is C38H25Cl2FK2NO7P. The number of carbonyl (C=O) groups excluding carboxylic acids is 1. The summed E-state index contributed by atoms with van der Waals surface area (Å²) in [6.07, 6.45) is 0. The Balaban J connectivity index is 0.000000232. The number of phenols is 1. The summed E-state index contributed by atoms with van der Waals surface area (Å²) in [5.41, 5.74) is 5.05. The monoisotopic (exact) mass is 805 g/mol. The van der Waals surface area contributed by atoms with Gasteiger partial charge < -0.3 is 29.9 Å². The van der Waals surface area contributed by atoms with Gasteiger partial charge in [0, 0.05) is 55.7 Å². The van der Waals surface area contributed by atoms with Crippen molar-refractivity contribution in [3.05, 3.63) is 125 Å². The van der Waals surface area contributed by atoms with E-state index in [1.54, 1.807) is 25.2 Å². The molecule has 6 aromatic carbocycles. The molecule has 0 unspecified atom stereocenters. The molecule has 0 aliphatic heterocycles. The average molecular weight is 807 g/mol. The summed E-state index contributed by atoms with van der Waals surface area (Å²) in [4.78, 5) is 11.2. The normalized spacial score (nSPS) is 10.3. The third kappa shape index (κ3) is 8.86. The van der Waals surface area contributed by atoms with Crippen molar-refractivity contribution < 1.29 is 142 Å². The van der Waals surface area contributed by atoms with Crippen LogP contribution in [-0.2, 0) is 9.68 Å². The molecule has 0 bridgehead atoms. The Morgan fingerprint density at radius 1 is 0.731 bits per heavy atom. The van der Waals surface area contributed by atoms with E-state index in [9.17, 15) is 9.50 Å². The van der Waals surface area contributed by atoms with Gasteiger partial charge in [-0.15, -0.1) is 0 Å². The van der Waals surface area contributed by atoms with Gasteiger partial charge in [-0.1, -0.05) is 59.6 Å². The van der Waals surface area contributed by atoms with Crippen LogP contribution in [0.1, 0.15) is 1.43 Å². The van der Waals surface area contributed by atoms with Crippen molar-refractivity contribution in [1.29, 1.82) is 0 Å². The topological polar surface area (TPSA) is 121 Å². The summed E-state index contributed by atoms with van der Waals surface area (Å²) in [6.45, 7) is -0.181. The number of furan rings is 3. The van der Waals surface area contributed by atoms with Crippen LogP contribution in [0.15, 0.2) is 127 Å². The minimum atomic E-state index is -0.454. The first kappa shape index (κ1) is 42.6. The molecule has 252 valence electrons. The largest absolute Gasteiger partial charge is 1.00 e. The van der Waals surface area contributed by atoms with E-state index in [0.29, 0.717) is 26.8 Å². The number of phenolic OH excluding ortho intramolecular Hbond substituents is 1. The van der Waals surface area contributed by atoms with Crippen molar-refractivity contribution in [2.75, 3.05) is 7.05 Å². The minimum absolute atomic E-state index is 0. The molecule has 0 fully saturated rings. The maximum atomic E-state index is 14.4. The average Bonchev–Trinajstić information content (AvgIpc) is 3.80. The second-order valence-electron chi connectivity index (χ2n) is 10.6. The first-order chi connectivity index (χ1) is 24.3. The number of hydrogen-bond donors (Lipinski definition) is 1. The third-order valence-electron chi connectivity index (χ3n) is 7.71. The van der Waals surface area contributed by atoms with Crippen LogP contribution in [-0.4, -0.2) is 18.6 Å². The molecule has 0 saturated carbocycles. The molecule has 3 aromatic heterocycles. The zero-order valence-corrected chi connectivity index (χ0v) is 36.7. The second kappa shape index (κ2) is 19.4. The van der Waals surface area contributed by atoms with Gasteiger partial charge >= 0.3 is 103 Å². The Labute approximate surface area is 394 Å². The molecule has 14 heteroatoms. The predicted octanol–water partition coefficient (Wildman–Crippen LogP) is 5.39. The number of halogens is 3. The van der Waals surface area contributed by atoms with Gasteiger partial charge in [0.1, 0.15) is 45.1 Å². The van der Waals surface area contributed by atoms with Crippen molar-refractivity contribution in [1.82, 2.24) is 0 Å². The fourth-order valence-electron chi connectivity index (χ4n) is 5.75. The van der Waals surface area contributed by atoms with Gasteiger partial charge in [0.25, 0.3) is 6.47 Å². The molecule has 9 rings (SSSR count). The number of rotatable bonds is 2. The molecule has 0 aliphatic rings. The van der Waals surface area contributed by atoms with Crippen LogP contribution >= 0.6 is 32.2 Å². The smallest absolute Gasteiger partial charge is 1.00 e. The molecule has 0 spiro atoms. The third-order valence-corrected chi connectivity index (χ3v) is 8.18. The van der Waals surface area contributed by atoms with Crippen molar-refractivity contribution in [2.24, 2.45) is 4.74 Å². The van der Waals surface area contributed by atoms with Gasteiger partial charge in [0.05, 0.1) is 10.9 Å². The fraction of sp³-hybridized carbons (Fsp3) is 0.0263. The number of carbonyl (C=O) groups is 1. The van der Waals surface area contributed by atoms with Crippen molar-refractivity contribution in [2.45, 2.75) is 0 Å². The van der Waals surface area contributed by atoms with Gasteiger partial charge in [-0.2, -0.15) is 0 Å². The molecule has 9 aromatic rings. The molecule has 0 aliphatic carbocycles. The number of hydrogen-bond acceptors (Lipinski definition) is 8. The summed E-state index contributed by atoms with van der Waals surface area (Å²) in [6, 6.07) is 33.0. The van der Waals surface area contributed by atoms with Crippen LogP contribution < -0.4 is 108 Å². The molecular weight excluding hydrogens is 781 g/mol. The summed E-state index contributed by atoms with van der Waals surface area (Å²) in [5, 5.41) is 25.6. The first-order valence-electron chi connectivity index (χ1n) is 14.8. The van der Waals surface area contributed by atoms with E-state index < -0.39 is 5.82 Å². The Hall–Kier alpha value is -2.17. The van der Waals surface area contributed by atoms with Gasteiger partial charge in [0.2, 0.25) is 0 Å². The predicted molar refractivity (Wildman–Crippen MR) is 197 cm³/mol. The number of para-hydroxylation sites is 2. The van der Waals surface area contributed by atoms with Gasteiger partial charge in [-0.05, 0) is 75.8 Å². The zero-order valence-electron chi connectivity index (χ0n) is 28.9. The molecule has 1 N–H and O–H groups in total. The summed E-state index contributed by atoms with van der Waals surface area (Å²) < 4.78 is 35.5. The van der Waals surface area contributed by atoms with E-state index in [1.807, 2.05) is 72.8 Å².